The Morgan fingerprint density at radius 1 is 1.11 bits per heavy atom. The van der Waals surface area contributed by atoms with Crippen molar-refractivity contribution in [3.05, 3.63) is 68.9 Å². The average molecular weight is 381 g/mol. The topological polar surface area (TPSA) is 93.2 Å². The number of hydrogen-bond acceptors (Lipinski definition) is 4. The molecule has 0 aliphatic carbocycles. The Morgan fingerprint density at radius 3 is 2.54 bits per heavy atom. The van der Waals surface area contributed by atoms with Crippen molar-refractivity contribution in [1.82, 2.24) is 9.55 Å². The molecule has 7 heteroatoms. The van der Waals surface area contributed by atoms with Crippen LogP contribution >= 0.6 is 0 Å². The summed E-state index contributed by atoms with van der Waals surface area (Å²) in [6.07, 6.45) is 2.73. The van der Waals surface area contributed by atoms with E-state index in [0.717, 1.165) is 19.3 Å². The maximum absolute atomic E-state index is 12.6. The lowest BCUT2D eigenvalue weighted by atomic mass is 10.1. The van der Waals surface area contributed by atoms with Crippen LogP contribution in [0.4, 0.5) is 5.69 Å². The van der Waals surface area contributed by atoms with Crippen LogP contribution in [0.3, 0.4) is 0 Å². The highest BCUT2D eigenvalue weighted by molar-refractivity contribution is 6.06. The van der Waals surface area contributed by atoms with E-state index >= 15 is 0 Å². The second kappa shape index (κ2) is 8.56. The molecule has 3 aromatic rings. The fraction of sp³-hybridized carbons (Fsp3) is 0.286. The van der Waals surface area contributed by atoms with Crippen molar-refractivity contribution in [1.29, 1.82) is 0 Å². The molecule has 0 unspecified atom stereocenters. The van der Waals surface area contributed by atoms with Gasteiger partial charge in [0.1, 0.15) is 5.75 Å². The van der Waals surface area contributed by atoms with Crippen LogP contribution in [-0.4, -0.2) is 22.6 Å². The molecule has 0 fully saturated rings. The van der Waals surface area contributed by atoms with Gasteiger partial charge in [0.15, 0.2) is 0 Å². The number of carbonyl (C=O) groups is 1. The lowest BCUT2D eigenvalue weighted by Gasteiger charge is -2.09. The largest absolute Gasteiger partial charge is 0.497 e. The summed E-state index contributed by atoms with van der Waals surface area (Å²) in [7, 11) is 1.57. The molecule has 146 valence electrons. The molecule has 2 aromatic carbocycles. The number of carbonyl (C=O) groups excluding carboxylic acids is 1. The predicted molar refractivity (Wildman–Crippen MR) is 109 cm³/mol. The Hall–Kier alpha value is -3.35. The third-order valence-corrected chi connectivity index (χ3v) is 4.58. The van der Waals surface area contributed by atoms with Crippen molar-refractivity contribution < 1.29 is 9.53 Å². The normalized spacial score (nSPS) is 10.8. The Kier molecular flexibility index (Phi) is 5.93. The molecule has 0 saturated carbocycles. The summed E-state index contributed by atoms with van der Waals surface area (Å²) in [5.74, 6) is 0.358. The number of methoxy groups -OCH3 is 1. The second-order valence-electron chi connectivity index (χ2n) is 6.54. The quantitative estimate of drug-likeness (QED) is 0.615. The SMILES string of the molecule is CCCCCn1c(=O)[nH]c2cc(C(=O)Nc3ccc(OC)cc3)ccc2c1=O. The van der Waals surface area contributed by atoms with Crippen molar-refractivity contribution in [3.63, 3.8) is 0 Å². The monoisotopic (exact) mass is 381 g/mol. The van der Waals surface area contributed by atoms with E-state index < -0.39 is 5.69 Å². The van der Waals surface area contributed by atoms with E-state index in [1.54, 1.807) is 43.5 Å². The number of nitrogens with zero attached hydrogens (tertiary/aromatic N) is 1. The van der Waals surface area contributed by atoms with Crippen LogP contribution in [-0.2, 0) is 6.54 Å². The molecule has 0 saturated heterocycles. The van der Waals surface area contributed by atoms with Gasteiger partial charge in [0.2, 0.25) is 0 Å². The minimum absolute atomic E-state index is 0.333. The molecule has 7 nitrogen and oxygen atoms in total. The maximum atomic E-state index is 12.6. The highest BCUT2D eigenvalue weighted by Gasteiger charge is 2.12. The fourth-order valence-corrected chi connectivity index (χ4v) is 3.00. The van der Waals surface area contributed by atoms with Crippen LogP contribution in [0.15, 0.2) is 52.1 Å². The number of aromatic nitrogens is 2. The van der Waals surface area contributed by atoms with Crippen LogP contribution in [0.25, 0.3) is 10.9 Å². The highest BCUT2D eigenvalue weighted by atomic mass is 16.5. The van der Waals surface area contributed by atoms with Gasteiger partial charge in [-0.05, 0) is 48.9 Å². The molecule has 1 aromatic heterocycles. The van der Waals surface area contributed by atoms with Gasteiger partial charge in [0.25, 0.3) is 11.5 Å². The van der Waals surface area contributed by atoms with Gasteiger partial charge < -0.3 is 15.0 Å². The number of rotatable bonds is 7. The molecule has 3 rings (SSSR count). The van der Waals surface area contributed by atoms with Gasteiger partial charge in [-0.3, -0.25) is 14.2 Å². The first kappa shape index (κ1) is 19.4. The smallest absolute Gasteiger partial charge is 0.328 e. The first-order chi connectivity index (χ1) is 13.5. The summed E-state index contributed by atoms with van der Waals surface area (Å²) in [5, 5.41) is 3.17. The lowest BCUT2D eigenvalue weighted by Crippen LogP contribution is -2.35. The van der Waals surface area contributed by atoms with Crippen LogP contribution in [0.1, 0.15) is 36.5 Å². The van der Waals surface area contributed by atoms with Gasteiger partial charge in [-0.15, -0.1) is 0 Å². The summed E-state index contributed by atoms with van der Waals surface area (Å²) in [4.78, 5) is 40.1. The molecule has 28 heavy (non-hydrogen) atoms. The maximum Gasteiger partial charge on any atom is 0.328 e. The number of nitrogens with one attached hydrogen (secondary N) is 2. The number of fused-ring (bicyclic) bond motifs is 1. The molecule has 0 spiro atoms. The number of hydrogen-bond donors (Lipinski definition) is 2. The second-order valence-corrected chi connectivity index (χ2v) is 6.54. The summed E-state index contributed by atoms with van der Waals surface area (Å²) in [6, 6.07) is 11.6. The molecule has 0 aliphatic rings. The molecule has 0 bridgehead atoms. The Labute approximate surface area is 162 Å². The molecular formula is C21H23N3O4. The molecule has 0 atom stereocenters. The number of anilines is 1. The van der Waals surface area contributed by atoms with Crippen LogP contribution < -0.4 is 21.3 Å². The summed E-state index contributed by atoms with van der Waals surface area (Å²) in [6.45, 7) is 2.45. The van der Waals surface area contributed by atoms with E-state index in [-0.39, 0.29) is 11.5 Å². The van der Waals surface area contributed by atoms with Crippen LogP contribution in [0, 0.1) is 0 Å². The van der Waals surface area contributed by atoms with Crippen molar-refractivity contribution in [2.24, 2.45) is 0 Å². The van der Waals surface area contributed by atoms with Gasteiger partial charge in [0.05, 0.1) is 18.0 Å². The standard InChI is InChI=1S/C21H23N3O4/c1-3-4-5-12-24-20(26)17-11-6-14(13-18(17)23-21(24)27)19(25)22-15-7-9-16(28-2)10-8-15/h6-11,13H,3-5,12H2,1-2H3,(H,22,25)(H,23,27). The molecule has 1 heterocycles. The zero-order valence-electron chi connectivity index (χ0n) is 16.0. The Bertz CT molecular complexity index is 1100. The minimum Gasteiger partial charge on any atom is -0.497 e. The lowest BCUT2D eigenvalue weighted by molar-refractivity contribution is 0.102. The number of amides is 1. The number of H-pyrrole nitrogens is 1. The number of benzene rings is 2. The molecule has 1 amide bonds. The zero-order valence-corrected chi connectivity index (χ0v) is 16.0. The van der Waals surface area contributed by atoms with E-state index in [9.17, 15) is 14.4 Å². The van der Waals surface area contributed by atoms with Gasteiger partial charge >= 0.3 is 5.69 Å². The number of unbranched alkanes of at least 4 members (excludes halogenated alkanes) is 2. The number of ether oxygens (including phenoxy) is 1. The van der Waals surface area contributed by atoms with Crippen molar-refractivity contribution in [3.8, 4) is 5.75 Å². The third-order valence-electron chi connectivity index (χ3n) is 4.58. The first-order valence-electron chi connectivity index (χ1n) is 9.25. The van der Waals surface area contributed by atoms with Crippen LogP contribution in [0.5, 0.6) is 5.75 Å². The highest BCUT2D eigenvalue weighted by Crippen LogP contribution is 2.17. The summed E-state index contributed by atoms with van der Waals surface area (Å²) < 4.78 is 6.31. The molecule has 0 aliphatic heterocycles. The Balaban J connectivity index is 1.87. The van der Waals surface area contributed by atoms with E-state index in [4.69, 9.17) is 4.74 Å². The van der Waals surface area contributed by atoms with Gasteiger partial charge in [-0.1, -0.05) is 19.8 Å². The van der Waals surface area contributed by atoms with Crippen molar-refractivity contribution in [2.75, 3.05) is 12.4 Å². The van der Waals surface area contributed by atoms with Gasteiger partial charge in [-0.25, -0.2) is 4.79 Å². The van der Waals surface area contributed by atoms with E-state index in [1.165, 1.54) is 10.6 Å². The minimum atomic E-state index is -0.457. The fourth-order valence-electron chi connectivity index (χ4n) is 3.00. The molecular weight excluding hydrogens is 358 g/mol. The molecule has 2 N–H and O–H groups in total. The van der Waals surface area contributed by atoms with Crippen molar-refractivity contribution in [2.45, 2.75) is 32.7 Å². The van der Waals surface area contributed by atoms with Crippen molar-refractivity contribution >= 4 is 22.5 Å². The van der Waals surface area contributed by atoms with Crippen LogP contribution in [0.2, 0.25) is 0 Å². The third kappa shape index (κ3) is 4.14. The number of aromatic amines is 1. The van der Waals surface area contributed by atoms with E-state index in [1.807, 2.05) is 0 Å². The zero-order chi connectivity index (χ0) is 20.1. The first-order valence-corrected chi connectivity index (χ1v) is 9.25. The van der Waals surface area contributed by atoms with E-state index in [2.05, 4.69) is 17.2 Å². The summed E-state index contributed by atoms with van der Waals surface area (Å²) in [5.41, 5.74) is 0.523. The molecule has 0 radical (unpaired) electrons. The van der Waals surface area contributed by atoms with Gasteiger partial charge in [0, 0.05) is 17.8 Å². The van der Waals surface area contributed by atoms with E-state index in [0.29, 0.717) is 34.4 Å². The summed E-state index contributed by atoms with van der Waals surface area (Å²) >= 11 is 0. The van der Waals surface area contributed by atoms with Gasteiger partial charge in [-0.2, -0.15) is 0 Å². The Morgan fingerprint density at radius 2 is 1.86 bits per heavy atom. The average Bonchev–Trinajstić information content (AvgIpc) is 2.70. The predicted octanol–water partition coefficient (Wildman–Crippen LogP) is 3.14.